The van der Waals surface area contributed by atoms with Gasteiger partial charge in [0.15, 0.2) is 0 Å². The van der Waals surface area contributed by atoms with Gasteiger partial charge in [-0.1, -0.05) is 33.6 Å². The van der Waals surface area contributed by atoms with Gasteiger partial charge in [-0.15, -0.1) is 0 Å². The normalized spacial score (nSPS) is 21.9. The van der Waals surface area contributed by atoms with Crippen LogP contribution < -0.4 is 5.32 Å². The highest BCUT2D eigenvalue weighted by Gasteiger charge is 2.31. The average molecular weight is 367 g/mol. The number of nitrogens with one attached hydrogen (secondary N) is 1. The van der Waals surface area contributed by atoms with Crippen LogP contribution in [0, 0.1) is 11.8 Å². The maximum absolute atomic E-state index is 12.8. The SMILES string of the molecule is CCCCCNC(=O)c1ccc(S(=O)(=O)N2C[C@H](C)C[C@H](C)C2)cc1. The van der Waals surface area contributed by atoms with Crippen molar-refractivity contribution in [1.29, 1.82) is 0 Å². The number of hydrogen-bond donors (Lipinski definition) is 1. The molecule has 1 aliphatic rings. The molecule has 1 aliphatic heterocycles. The number of unbranched alkanes of at least 4 members (excludes halogenated alkanes) is 2. The van der Waals surface area contributed by atoms with Gasteiger partial charge >= 0.3 is 0 Å². The summed E-state index contributed by atoms with van der Waals surface area (Å²) in [6, 6.07) is 6.28. The highest BCUT2D eigenvalue weighted by molar-refractivity contribution is 7.89. The Morgan fingerprint density at radius 2 is 1.72 bits per heavy atom. The van der Waals surface area contributed by atoms with Gasteiger partial charge < -0.3 is 5.32 Å². The van der Waals surface area contributed by atoms with Crippen LogP contribution in [0.1, 0.15) is 56.8 Å². The summed E-state index contributed by atoms with van der Waals surface area (Å²) >= 11 is 0. The Morgan fingerprint density at radius 1 is 1.12 bits per heavy atom. The number of nitrogens with zero attached hydrogens (tertiary/aromatic N) is 1. The first-order valence-corrected chi connectivity index (χ1v) is 10.7. The number of piperidine rings is 1. The van der Waals surface area contributed by atoms with E-state index in [2.05, 4.69) is 26.1 Å². The second-order valence-corrected chi connectivity index (χ2v) is 9.19. The number of rotatable bonds is 7. The largest absolute Gasteiger partial charge is 0.352 e. The van der Waals surface area contributed by atoms with Gasteiger partial charge in [0.05, 0.1) is 4.90 Å². The highest BCUT2D eigenvalue weighted by atomic mass is 32.2. The van der Waals surface area contributed by atoms with E-state index >= 15 is 0 Å². The van der Waals surface area contributed by atoms with Gasteiger partial charge in [0.2, 0.25) is 10.0 Å². The summed E-state index contributed by atoms with van der Waals surface area (Å²) in [6.45, 7) is 8.06. The molecule has 2 atom stereocenters. The van der Waals surface area contributed by atoms with Crippen molar-refractivity contribution in [2.45, 2.75) is 51.3 Å². The topological polar surface area (TPSA) is 66.5 Å². The van der Waals surface area contributed by atoms with Gasteiger partial charge in [-0.25, -0.2) is 8.42 Å². The Bertz CT molecular complexity index is 660. The molecule has 0 aliphatic carbocycles. The minimum Gasteiger partial charge on any atom is -0.352 e. The molecular formula is C19H30N2O3S. The zero-order valence-corrected chi connectivity index (χ0v) is 16.3. The smallest absolute Gasteiger partial charge is 0.251 e. The molecule has 0 unspecified atom stereocenters. The number of hydrogen-bond acceptors (Lipinski definition) is 3. The Hall–Kier alpha value is -1.40. The van der Waals surface area contributed by atoms with Gasteiger partial charge in [-0.3, -0.25) is 4.79 Å². The number of sulfonamides is 1. The fourth-order valence-electron chi connectivity index (χ4n) is 3.41. The molecule has 0 aromatic heterocycles. The van der Waals surface area contributed by atoms with Gasteiger partial charge in [-0.2, -0.15) is 4.31 Å². The van der Waals surface area contributed by atoms with Crippen LogP contribution in [0.25, 0.3) is 0 Å². The molecule has 1 N–H and O–H groups in total. The van der Waals surface area contributed by atoms with Crippen LogP contribution >= 0.6 is 0 Å². The number of carbonyl (C=O) groups is 1. The molecule has 6 heteroatoms. The van der Waals surface area contributed by atoms with Crippen LogP contribution in [-0.4, -0.2) is 38.3 Å². The predicted octanol–water partition coefficient (Wildman–Crippen LogP) is 3.27. The van der Waals surface area contributed by atoms with E-state index in [4.69, 9.17) is 0 Å². The Balaban J connectivity index is 2.04. The molecular weight excluding hydrogens is 336 g/mol. The van der Waals surface area contributed by atoms with Gasteiger partial charge in [-0.05, 0) is 48.9 Å². The van der Waals surface area contributed by atoms with Crippen LogP contribution in [0.3, 0.4) is 0 Å². The van der Waals surface area contributed by atoms with Crippen molar-refractivity contribution in [3.05, 3.63) is 29.8 Å². The lowest BCUT2D eigenvalue weighted by Gasteiger charge is -2.34. The zero-order chi connectivity index (χ0) is 18.4. The molecule has 1 fully saturated rings. The first-order chi connectivity index (χ1) is 11.8. The molecule has 2 rings (SSSR count). The molecule has 25 heavy (non-hydrogen) atoms. The summed E-state index contributed by atoms with van der Waals surface area (Å²) in [5.74, 6) is 0.582. The fraction of sp³-hybridized carbons (Fsp3) is 0.632. The van der Waals surface area contributed by atoms with Crippen molar-refractivity contribution in [3.63, 3.8) is 0 Å². The average Bonchev–Trinajstić information content (AvgIpc) is 2.58. The predicted molar refractivity (Wildman–Crippen MR) is 100 cm³/mol. The Kier molecular flexibility index (Phi) is 7.02. The van der Waals surface area contributed by atoms with E-state index in [0.29, 0.717) is 37.0 Å². The summed E-state index contributed by atoms with van der Waals surface area (Å²) in [5, 5.41) is 2.87. The molecule has 1 saturated heterocycles. The number of carbonyl (C=O) groups excluding carboxylic acids is 1. The zero-order valence-electron chi connectivity index (χ0n) is 15.5. The third kappa shape index (κ3) is 5.28. The van der Waals surface area contributed by atoms with E-state index in [0.717, 1.165) is 25.7 Å². The maximum Gasteiger partial charge on any atom is 0.251 e. The van der Waals surface area contributed by atoms with Gasteiger partial charge in [0.25, 0.3) is 5.91 Å². The second-order valence-electron chi connectivity index (χ2n) is 7.26. The van der Waals surface area contributed by atoms with Crippen molar-refractivity contribution >= 4 is 15.9 Å². The molecule has 1 heterocycles. The van der Waals surface area contributed by atoms with Crippen LogP contribution in [0.5, 0.6) is 0 Å². The van der Waals surface area contributed by atoms with Crippen molar-refractivity contribution < 1.29 is 13.2 Å². The standard InChI is InChI=1S/C19H30N2O3S/c1-4-5-6-11-20-19(22)17-7-9-18(10-8-17)25(23,24)21-13-15(2)12-16(3)14-21/h7-10,15-16H,4-6,11-14H2,1-3H3,(H,20,22)/t15-,16+. The van der Waals surface area contributed by atoms with Crippen molar-refractivity contribution in [2.75, 3.05) is 19.6 Å². The van der Waals surface area contributed by atoms with E-state index in [1.165, 1.54) is 0 Å². The van der Waals surface area contributed by atoms with E-state index in [-0.39, 0.29) is 10.8 Å². The molecule has 0 radical (unpaired) electrons. The molecule has 5 nitrogen and oxygen atoms in total. The lowest BCUT2D eigenvalue weighted by molar-refractivity contribution is 0.0953. The summed E-state index contributed by atoms with van der Waals surface area (Å²) in [4.78, 5) is 12.3. The monoisotopic (exact) mass is 366 g/mol. The molecule has 1 aromatic rings. The first-order valence-electron chi connectivity index (χ1n) is 9.23. The minimum atomic E-state index is -3.49. The van der Waals surface area contributed by atoms with Crippen LogP contribution in [0.4, 0.5) is 0 Å². The van der Waals surface area contributed by atoms with Gasteiger partial charge in [0, 0.05) is 25.2 Å². The fourth-order valence-corrected chi connectivity index (χ4v) is 5.09. The summed E-state index contributed by atoms with van der Waals surface area (Å²) in [6.07, 6.45) is 4.21. The molecule has 140 valence electrons. The van der Waals surface area contributed by atoms with E-state index in [1.807, 2.05) is 0 Å². The third-order valence-electron chi connectivity index (χ3n) is 4.66. The Labute approximate surface area is 151 Å². The third-order valence-corrected chi connectivity index (χ3v) is 6.50. The molecule has 0 saturated carbocycles. The summed E-state index contributed by atoms with van der Waals surface area (Å²) in [5.41, 5.74) is 0.496. The number of amides is 1. The first kappa shape index (κ1) is 19.9. The molecule has 0 spiro atoms. The van der Waals surface area contributed by atoms with Crippen LogP contribution in [0.2, 0.25) is 0 Å². The quantitative estimate of drug-likeness (QED) is 0.753. The van der Waals surface area contributed by atoms with Crippen LogP contribution in [-0.2, 0) is 10.0 Å². The van der Waals surface area contributed by atoms with Crippen molar-refractivity contribution in [1.82, 2.24) is 9.62 Å². The Morgan fingerprint density at radius 3 is 2.28 bits per heavy atom. The maximum atomic E-state index is 12.8. The van der Waals surface area contributed by atoms with Gasteiger partial charge in [0.1, 0.15) is 0 Å². The minimum absolute atomic E-state index is 0.153. The lowest BCUT2D eigenvalue weighted by atomic mass is 9.94. The summed E-state index contributed by atoms with van der Waals surface area (Å²) < 4.78 is 27.2. The molecule has 1 aromatic carbocycles. The summed E-state index contributed by atoms with van der Waals surface area (Å²) in [7, 11) is -3.49. The lowest BCUT2D eigenvalue weighted by Crippen LogP contribution is -2.42. The number of benzene rings is 1. The van der Waals surface area contributed by atoms with E-state index < -0.39 is 10.0 Å². The van der Waals surface area contributed by atoms with Crippen molar-refractivity contribution in [2.24, 2.45) is 11.8 Å². The highest BCUT2D eigenvalue weighted by Crippen LogP contribution is 2.26. The molecule has 1 amide bonds. The molecule has 0 bridgehead atoms. The van der Waals surface area contributed by atoms with Crippen LogP contribution in [0.15, 0.2) is 29.2 Å². The van der Waals surface area contributed by atoms with Crippen molar-refractivity contribution in [3.8, 4) is 0 Å². The van der Waals surface area contributed by atoms with E-state index in [1.54, 1.807) is 28.6 Å². The van der Waals surface area contributed by atoms with E-state index in [9.17, 15) is 13.2 Å². The second kappa shape index (κ2) is 8.81.